The Kier molecular flexibility index (Phi) is 5.43. The molecular weight excluding hydrogens is 333 g/mol. The summed E-state index contributed by atoms with van der Waals surface area (Å²) in [6.45, 7) is 0.480. The molecule has 0 aliphatic heterocycles. The smallest absolute Gasteiger partial charge is 0.255 e. The molecule has 0 saturated carbocycles. The highest BCUT2D eigenvalue weighted by Crippen LogP contribution is 2.18. The summed E-state index contributed by atoms with van der Waals surface area (Å²) in [6.07, 6.45) is 1.56. The van der Waals surface area contributed by atoms with E-state index < -0.39 is 0 Å². The van der Waals surface area contributed by atoms with Gasteiger partial charge in [0, 0.05) is 30.1 Å². The standard InChI is InChI=1S/C20H18FN3O2/c1-26-18-4-2-3-17(12-18)24-20(25)15-9-10-22-19(11-15)23-13-14-5-7-16(21)8-6-14/h2-12H,13H2,1H3,(H,22,23)(H,24,25). The van der Waals surface area contributed by atoms with Crippen molar-refractivity contribution in [1.29, 1.82) is 0 Å². The second-order valence-electron chi connectivity index (χ2n) is 5.60. The van der Waals surface area contributed by atoms with Gasteiger partial charge < -0.3 is 15.4 Å². The SMILES string of the molecule is COc1cccc(NC(=O)c2ccnc(NCc3ccc(F)cc3)c2)c1. The van der Waals surface area contributed by atoms with Crippen LogP contribution in [0, 0.1) is 5.82 Å². The molecule has 0 aliphatic rings. The van der Waals surface area contributed by atoms with E-state index in [9.17, 15) is 9.18 Å². The number of methoxy groups -OCH3 is 1. The van der Waals surface area contributed by atoms with Crippen molar-refractivity contribution in [2.24, 2.45) is 0 Å². The first-order valence-corrected chi connectivity index (χ1v) is 8.04. The lowest BCUT2D eigenvalue weighted by atomic mass is 10.2. The average Bonchev–Trinajstić information content (AvgIpc) is 2.68. The van der Waals surface area contributed by atoms with E-state index >= 15 is 0 Å². The minimum atomic E-state index is -0.275. The normalized spacial score (nSPS) is 10.2. The van der Waals surface area contributed by atoms with Crippen LogP contribution in [0.1, 0.15) is 15.9 Å². The van der Waals surface area contributed by atoms with Gasteiger partial charge in [-0.15, -0.1) is 0 Å². The summed E-state index contributed by atoms with van der Waals surface area (Å²) in [7, 11) is 1.57. The van der Waals surface area contributed by atoms with Gasteiger partial charge >= 0.3 is 0 Å². The molecule has 0 spiro atoms. The first-order chi connectivity index (χ1) is 12.6. The zero-order valence-corrected chi connectivity index (χ0v) is 14.2. The topological polar surface area (TPSA) is 63.2 Å². The molecule has 0 atom stereocenters. The number of hydrogen-bond donors (Lipinski definition) is 2. The van der Waals surface area contributed by atoms with Gasteiger partial charge in [-0.3, -0.25) is 4.79 Å². The van der Waals surface area contributed by atoms with Crippen molar-refractivity contribution in [2.75, 3.05) is 17.7 Å². The van der Waals surface area contributed by atoms with E-state index in [1.54, 1.807) is 61.8 Å². The van der Waals surface area contributed by atoms with Gasteiger partial charge in [-0.1, -0.05) is 18.2 Å². The zero-order valence-electron chi connectivity index (χ0n) is 14.2. The summed E-state index contributed by atoms with van der Waals surface area (Å²) in [5, 5.41) is 5.95. The molecule has 3 rings (SSSR count). The molecule has 0 saturated heterocycles. The molecule has 26 heavy (non-hydrogen) atoms. The maximum Gasteiger partial charge on any atom is 0.255 e. The van der Waals surface area contributed by atoms with Crippen LogP contribution >= 0.6 is 0 Å². The second-order valence-corrected chi connectivity index (χ2v) is 5.60. The lowest BCUT2D eigenvalue weighted by Gasteiger charge is -2.09. The Morgan fingerprint density at radius 1 is 1.12 bits per heavy atom. The third kappa shape index (κ3) is 4.57. The Morgan fingerprint density at radius 2 is 1.92 bits per heavy atom. The van der Waals surface area contributed by atoms with Gasteiger partial charge in [-0.2, -0.15) is 0 Å². The first kappa shape index (κ1) is 17.4. The Labute approximate surface area is 150 Å². The van der Waals surface area contributed by atoms with Crippen molar-refractivity contribution >= 4 is 17.4 Å². The second kappa shape index (κ2) is 8.11. The summed E-state index contributed by atoms with van der Waals surface area (Å²) in [5.74, 6) is 0.709. The van der Waals surface area contributed by atoms with Gasteiger partial charge in [0.2, 0.25) is 0 Å². The van der Waals surface area contributed by atoms with Crippen LogP contribution in [0.5, 0.6) is 5.75 Å². The van der Waals surface area contributed by atoms with Crippen LogP contribution in [0.2, 0.25) is 0 Å². The first-order valence-electron chi connectivity index (χ1n) is 8.04. The minimum Gasteiger partial charge on any atom is -0.497 e. The Hall–Kier alpha value is -3.41. The van der Waals surface area contributed by atoms with E-state index in [0.29, 0.717) is 29.4 Å². The maximum absolute atomic E-state index is 12.9. The molecule has 2 aromatic carbocycles. The van der Waals surface area contributed by atoms with Crippen LogP contribution in [-0.4, -0.2) is 18.0 Å². The van der Waals surface area contributed by atoms with E-state index in [4.69, 9.17) is 4.74 Å². The average molecular weight is 351 g/mol. The van der Waals surface area contributed by atoms with Gasteiger partial charge in [0.1, 0.15) is 17.4 Å². The van der Waals surface area contributed by atoms with Crippen molar-refractivity contribution in [1.82, 2.24) is 4.98 Å². The van der Waals surface area contributed by atoms with E-state index in [0.717, 1.165) is 5.56 Å². The molecule has 0 radical (unpaired) electrons. The highest BCUT2D eigenvalue weighted by Gasteiger charge is 2.08. The Morgan fingerprint density at radius 3 is 2.69 bits per heavy atom. The van der Waals surface area contributed by atoms with Gasteiger partial charge in [0.25, 0.3) is 5.91 Å². The van der Waals surface area contributed by atoms with Crippen molar-refractivity contribution in [3.8, 4) is 5.75 Å². The van der Waals surface area contributed by atoms with Crippen LogP contribution in [0.25, 0.3) is 0 Å². The van der Waals surface area contributed by atoms with Crippen molar-refractivity contribution < 1.29 is 13.9 Å². The third-order valence-electron chi connectivity index (χ3n) is 3.74. The van der Waals surface area contributed by atoms with Crippen molar-refractivity contribution in [3.05, 3.63) is 83.8 Å². The number of pyridine rings is 1. The predicted octanol–water partition coefficient (Wildman–Crippen LogP) is 4.09. The molecule has 1 heterocycles. The number of carbonyl (C=O) groups is 1. The van der Waals surface area contributed by atoms with Gasteiger partial charge in [-0.25, -0.2) is 9.37 Å². The minimum absolute atomic E-state index is 0.245. The molecule has 1 aromatic heterocycles. The fourth-order valence-electron chi connectivity index (χ4n) is 2.37. The lowest BCUT2D eigenvalue weighted by Crippen LogP contribution is -2.12. The number of halogens is 1. The van der Waals surface area contributed by atoms with E-state index in [1.807, 2.05) is 0 Å². The van der Waals surface area contributed by atoms with Crippen molar-refractivity contribution in [2.45, 2.75) is 6.54 Å². The third-order valence-corrected chi connectivity index (χ3v) is 3.74. The zero-order chi connectivity index (χ0) is 18.4. The molecular formula is C20H18FN3O2. The number of amides is 1. The molecule has 0 fully saturated rings. The number of anilines is 2. The Bertz CT molecular complexity index is 898. The monoisotopic (exact) mass is 351 g/mol. The molecule has 0 bridgehead atoms. The summed E-state index contributed by atoms with van der Waals surface area (Å²) in [5.41, 5.74) is 2.04. The molecule has 1 amide bonds. The molecule has 5 nitrogen and oxygen atoms in total. The summed E-state index contributed by atoms with van der Waals surface area (Å²) in [6, 6.07) is 16.6. The number of benzene rings is 2. The number of aromatic nitrogens is 1. The number of hydrogen-bond acceptors (Lipinski definition) is 4. The number of nitrogens with zero attached hydrogens (tertiary/aromatic N) is 1. The van der Waals surface area contributed by atoms with E-state index in [2.05, 4.69) is 15.6 Å². The number of carbonyl (C=O) groups excluding carboxylic acids is 1. The van der Waals surface area contributed by atoms with Gasteiger partial charge in [-0.05, 0) is 42.0 Å². The van der Waals surface area contributed by atoms with Gasteiger partial charge in [0.15, 0.2) is 0 Å². The summed E-state index contributed by atoms with van der Waals surface area (Å²) >= 11 is 0. The molecule has 3 aromatic rings. The highest BCUT2D eigenvalue weighted by molar-refractivity contribution is 6.04. The van der Waals surface area contributed by atoms with Crippen LogP contribution in [0.4, 0.5) is 15.9 Å². The van der Waals surface area contributed by atoms with Crippen LogP contribution in [0.15, 0.2) is 66.9 Å². The number of ether oxygens (including phenoxy) is 1. The highest BCUT2D eigenvalue weighted by atomic mass is 19.1. The molecule has 0 unspecified atom stereocenters. The maximum atomic E-state index is 12.9. The predicted molar refractivity (Wildman–Crippen MR) is 98.9 cm³/mol. The molecule has 2 N–H and O–H groups in total. The van der Waals surface area contributed by atoms with Crippen LogP contribution in [0.3, 0.4) is 0 Å². The van der Waals surface area contributed by atoms with E-state index in [1.165, 1.54) is 12.1 Å². The number of nitrogens with one attached hydrogen (secondary N) is 2. The molecule has 6 heteroatoms. The quantitative estimate of drug-likeness (QED) is 0.702. The fraction of sp³-hybridized carbons (Fsp3) is 0.100. The van der Waals surface area contributed by atoms with Crippen molar-refractivity contribution in [3.63, 3.8) is 0 Å². The van der Waals surface area contributed by atoms with Gasteiger partial charge in [0.05, 0.1) is 7.11 Å². The largest absolute Gasteiger partial charge is 0.497 e. The molecule has 132 valence electrons. The molecule has 0 aliphatic carbocycles. The van der Waals surface area contributed by atoms with Crippen LogP contribution in [-0.2, 0) is 6.54 Å². The van der Waals surface area contributed by atoms with Crippen LogP contribution < -0.4 is 15.4 Å². The Balaban J connectivity index is 1.65. The fourth-order valence-corrected chi connectivity index (χ4v) is 2.37. The summed E-state index contributed by atoms with van der Waals surface area (Å²) < 4.78 is 18.1. The van der Waals surface area contributed by atoms with E-state index in [-0.39, 0.29) is 11.7 Å². The summed E-state index contributed by atoms with van der Waals surface area (Å²) in [4.78, 5) is 16.6. The number of rotatable bonds is 6. The lowest BCUT2D eigenvalue weighted by molar-refractivity contribution is 0.102.